The number of hydrogen-bond donors (Lipinski definition) is 1. The van der Waals surface area contributed by atoms with Gasteiger partial charge in [-0.05, 0) is 51.3 Å². The SMILES string of the molecule is Cc1ccc(S(=O)(=O)N2CCC[C@@H]2C(=O)O)cc1C(=O)OC(C)C. The van der Waals surface area contributed by atoms with Crippen LogP contribution in [-0.4, -0.2) is 48.5 Å². The van der Waals surface area contributed by atoms with Crippen molar-refractivity contribution >= 4 is 22.0 Å². The zero-order valence-corrected chi connectivity index (χ0v) is 14.7. The molecule has 7 nitrogen and oxygen atoms in total. The van der Waals surface area contributed by atoms with Crippen molar-refractivity contribution < 1.29 is 27.9 Å². The van der Waals surface area contributed by atoms with Crippen LogP contribution in [0.1, 0.15) is 42.6 Å². The van der Waals surface area contributed by atoms with Gasteiger partial charge in [0.2, 0.25) is 10.0 Å². The second-order valence-corrected chi connectivity index (χ2v) is 7.93. The number of aliphatic carboxylic acids is 1. The molecule has 0 bridgehead atoms. The molecule has 1 saturated heterocycles. The van der Waals surface area contributed by atoms with Crippen LogP contribution in [0, 0.1) is 6.92 Å². The van der Waals surface area contributed by atoms with Crippen LogP contribution < -0.4 is 0 Å². The summed E-state index contributed by atoms with van der Waals surface area (Å²) in [6.45, 7) is 5.24. The van der Waals surface area contributed by atoms with Gasteiger partial charge in [-0.25, -0.2) is 13.2 Å². The first-order chi connectivity index (χ1) is 11.1. The monoisotopic (exact) mass is 355 g/mol. The highest BCUT2D eigenvalue weighted by Gasteiger charge is 2.39. The van der Waals surface area contributed by atoms with E-state index in [2.05, 4.69) is 0 Å². The van der Waals surface area contributed by atoms with Crippen LogP contribution in [-0.2, 0) is 19.6 Å². The molecule has 1 fully saturated rings. The third-order valence-corrected chi connectivity index (χ3v) is 5.77. The third-order valence-electron chi connectivity index (χ3n) is 3.87. The topological polar surface area (TPSA) is 101 Å². The van der Waals surface area contributed by atoms with Gasteiger partial charge in [-0.2, -0.15) is 4.31 Å². The number of carboxylic acids is 1. The summed E-state index contributed by atoms with van der Waals surface area (Å²) in [5, 5.41) is 9.20. The molecule has 0 aliphatic carbocycles. The van der Waals surface area contributed by atoms with Crippen LogP contribution in [0.3, 0.4) is 0 Å². The lowest BCUT2D eigenvalue weighted by atomic mass is 10.1. The fraction of sp³-hybridized carbons (Fsp3) is 0.500. The second kappa shape index (κ2) is 6.90. The third kappa shape index (κ3) is 3.59. The van der Waals surface area contributed by atoms with Crippen molar-refractivity contribution in [3.63, 3.8) is 0 Å². The van der Waals surface area contributed by atoms with Crippen molar-refractivity contribution in [2.45, 2.75) is 50.7 Å². The molecule has 0 amide bonds. The number of benzene rings is 1. The van der Waals surface area contributed by atoms with E-state index < -0.39 is 28.0 Å². The number of esters is 1. The molecule has 132 valence electrons. The fourth-order valence-electron chi connectivity index (χ4n) is 2.67. The second-order valence-electron chi connectivity index (χ2n) is 6.04. The van der Waals surface area contributed by atoms with E-state index in [1.54, 1.807) is 20.8 Å². The molecular formula is C16H21NO6S. The Morgan fingerprint density at radius 3 is 2.58 bits per heavy atom. The normalized spacial score (nSPS) is 18.8. The summed E-state index contributed by atoms with van der Waals surface area (Å²) < 4.78 is 31.6. The number of nitrogens with zero attached hydrogens (tertiary/aromatic N) is 1. The minimum absolute atomic E-state index is 0.100. The van der Waals surface area contributed by atoms with Crippen LogP contribution in [0.5, 0.6) is 0 Å². The average Bonchev–Trinajstić information content (AvgIpc) is 2.97. The van der Waals surface area contributed by atoms with E-state index in [0.29, 0.717) is 12.0 Å². The first-order valence-corrected chi connectivity index (χ1v) is 9.15. The number of carbonyl (C=O) groups excluding carboxylic acids is 1. The van der Waals surface area contributed by atoms with Crippen molar-refractivity contribution in [3.8, 4) is 0 Å². The minimum Gasteiger partial charge on any atom is -0.480 e. The Morgan fingerprint density at radius 1 is 1.33 bits per heavy atom. The summed E-state index contributed by atoms with van der Waals surface area (Å²) in [6, 6.07) is 3.10. The fourth-order valence-corrected chi connectivity index (χ4v) is 4.35. The molecule has 1 aromatic rings. The zero-order valence-electron chi connectivity index (χ0n) is 13.9. The Bertz CT molecular complexity index is 756. The first kappa shape index (κ1) is 18.4. The highest BCUT2D eigenvalue weighted by atomic mass is 32.2. The Balaban J connectivity index is 2.41. The van der Waals surface area contributed by atoms with E-state index in [-0.39, 0.29) is 29.5 Å². The molecule has 1 aromatic carbocycles. The van der Waals surface area contributed by atoms with Gasteiger partial charge >= 0.3 is 11.9 Å². The molecule has 2 rings (SSSR count). The van der Waals surface area contributed by atoms with Gasteiger partial charge in [-0.1, -0.05) is 6.07 Å². The zero-order chi connectivity index (χ0) is 18.1. The number of carboxylic acid groups (broad SMARTS) is 1. The molecule has 8 heteroatoms. The molecule has 1 aliphatic heterocycles. The van der Waals surface area contributed by atoms with Crippen molar-refractivity contribution in [2.75, 3.05) is 6.54 Å². The van der Waals surface area contributed by atoms with Gasteiger partial charge in [0, 0.05) is 6.54 Å². The van der Waals surface area contributed by atoms with E-state index in [0.717, 1.165) is 4.31 Å². The van der Waals surface area contributed by atoms with E-state index in [4.69, 9.17) is 4.74 Å². The quantitative estimate of drug-likeness (QED) is 0.808. The molecule has 1 heterocycles. The standard InChI is InChI=1S/C16H21NO6S/c1-10(2)23-16(20)13-9-12(7-6-11(13)3)24(21,22)17-8-4-5-14(17)15(18)19/h6-7,9-10,14H,4-5,8H2,1-3H3,(H,18,19)/t14-/m1/s1. The number of carbonyl (C=O) groups is 2. The molecule has 24 heavy (non-hydrogen) atoms. The summed E-state index contributed by atoms with van der Waals surface area (Å²) in [6.07, 6.45) is 0.444. The highest BCUT2D eigenvalue weighted by Crippen LogP contribution is 2.27. The Labute approximate surface area is 141 Å². The van der Waals surface area contributed by atoms with Crippen LogP contribution in [0.4, 0.5) is 0 Å². The van der Waals surface area contributed by atoms with Gasteiger partial charge in [-0.3, -0.25) is 4.79 Å². The van der Waals surface area contributed by atoms with Gasteiger partial charge in [0.05, 0.1) is 16.6 Å². The molecule has 0 unspecified atom stereocenters. The number of hydrogen-bond acceptors (Lipinski definition) is 5. The van der Waals surface area contributed by atoms with Crippen molar-refractivity contribution in [1.82, 2.24) is 4.31 Å². The molecule has 0 radical (unpaired) electrons. The Hall–Kier alpha value is -1.93. The van der Waals surface area contributed by atoms with Crippen LogP contribution in [0.2, 0.25) is 0 Å². The Morgan fingerprint density at radius 2 is 2.00 bits per heavy atom. The maximum Gasteiger partial charge on any atom is 0.338 e. The number of rotatable bonds is 5. The van der Waals surface area contributed by atoms with Crippen LogP contribution >= 0.6 is 0 Å². The molecule has 0 saturated carbocycles. The van der Waals surface area contributed by atoms with Crippen molar-refractivity contribution in [1.29, 1.82) is 0 Å². The lowest BCUT2D eigenvalue weighted by molar-refractivity contribution is -0.140. The van der Waals surface area contributed by atoms with E-state index >= 15 is 0 Å². The van der Waals surface area contributed by atoms with Crippen LogP contribution in [0.15, 0.2) is 23.1 Å². The van der Waals surface area contributed by atoms with Gasteiger partial charge in [0.1, 0.15) is 6.04 Å². The van der Waals surface area contributed by atoms with Crippen molar-refractivity contribution in [3.05, 3.63) is 29.3 Å². The van der Waals surface area contributed by atoms with Crippen molar-refractivity contribution in [2.24, 2.45) is 0 Å². The smallest absolute Gasteiger partial charge is 0.338 e. The van der Waals surface area contributed by atoms with Gasteiger partial charge in [0.25, 0.3) is 0 Å². The first-order valence-electron chi connectivity index (χ1n) is 7.71. The molecule has 0 aromatic heterocycles. The predicted molar refractivity (Wildman–Crippen MR) is 86.3 cm³/mol. The molecule has 0 spiro atoms. The van der Waals surface area contributed by atoms with Gasteiger partial charge in [0.15, 0.2) is 0 Å². The van der Waals surface area contributed by atoms with E-state index in [1.165, 1.54) is 18.2 Å². The summed E-state index contributed by atoms with van der Waals surface area (Å²) in [7, 11) is -3.99. The lowest BCUT2D eigenvalue weighted by Crippen LogP contribution is -2.40. The molecule has 1 atom stereocenters. The van der Waals surface area contributed by atoms with E-state index in [9.17, 15) is 23.1 Å². The number of ether oxygens (including phenoxy) is 1. The van der Waals surface area contributed by atoms with Crippen LogP contribution in [0.25, 0.3) is 0 Å². The summed E-state index contributed by atoms with van der Waals surface area (Å²) >= 11 is 0. The summed E-state index contributed by atoms with van der Waals surface area (Å²) in [5.41, 5.74) is 0.756. The lowest BCUT2D eigenvalue weighted by Gasteiger charge is -2.21. The van der Waals surface area contributed by atoms with Gasteiger partial charge < -0.3 is 9.84 Å². The summed E-state index contributed by atoms with van der Waals surface area (Å²) in [5.74, 6) is -1.77. The highest BCUT2D eigenvalue weighted by molar-refractivity contribution is 7.89. The average molecular weight is 355 g/mol. The molecule has 1 N–H and O–H groups in total. The maximum atomic E-state index is 12.8. The number of sulfonamides is 1. The molecular weight excluding hydrogens is 334 g/mol. The maximum absolute atomic E-state index is 12.8. The van der Waals surface area contributed by atoms with E-state index in [1.807, 2.05) is 0 Å². The molecule has 1 aliphatic rings. The summed E-state index contributed by atoms with van der Waals surface area (Å²) in [4.78, 5) is 23.3. The predicted octanol–water partition coefficient (Wildman–Crippen LogP) is 1.80. The number of aryl methyl sites for hydroxylation is 1. The largest absolute Gasteiger partial charge is 0.480 e. The Kier molecular flexibility index (Phi) is 5.29. The minimum atomic E-state index is -3.99. The van der Waals surface area contributed by atoms with Gasteiger partial charge in [-0.15, -0.1) is 0 Å².